The van der Waals surface area contributed by atoms with Gasteiger partial charge >= 0.3 is 6.11 Å². The fourth-order valence-corrected chi connectivity index (χ4v) is 0.989. The maximum absolute atomic E-state index is 12.6. The van der Waals surface area contributed by atoms with Gasteiger partial charge in [0.15, 0.2) is 11.6 Å². The molecule has 0 amide bonds. The summed E-state index contributed by atoms with van der Waals surface area (Å²) in [4.78, 5) is 3.82. The van der Waals surface area contributed by atoms with Gasteiger partial charge in [-0.1, -0.05) is 0 Å². The van der Waals surface area contributed by atoms with E-state index in [1.807, 2.05) is 0 Å². The van der Waals surface area contributed by atoms with Crippen LogP contribution in [0.1, 0.15) is 0 Å². The number of nitrogens with zero attached hydrogens (tertiary/aromatic N) is 1. The molecule has 1 aromatic rings. The van der Waals surface area contributed by atoms with E-state index in [4.69, 9.17) is 0 Å². The van der Waals surface area contributed by atoms with Gasteiger partial charge in [-0.15, -0.1) is 0 Å². The molecule has 1 N–H and O–H groups in total. The Kier molecular flexibility index (Phi) is 1.39. The highest BCUT2D eigenvalue weighted by Gasteiger charge is 2.36. The lowest BCUT2D eigenvalue weighted by atomic mass is 10.3. The third kappa shape index (κ3) is 1.17. The second-order valence-electron chi connectivity index (χ2n) is 2.44. The van der Waals surface area contributed by atoms with Gasteiger partial charge in [0.2, 0.25) is 0 Å². The summed E-state index contributed by atoms with van der Waals surface area (Å²) in [5, 5.41) is 2.47. The Hall–Kier alpha value is -1.39. The van der Waals surface area contributed by atoms with Gasteiger partial charge in [0.1, 0.15) is 6.54 Å². The van der Waals surface area contributed by atoms with Crippen LogP contribution in [0, 0.1) is 0 Å². The minimum absolute atomic E-state index is 0.0914. The molecule has 0 bridgehead atoms. The standard InChI is InChI=1S/C7H6F2N2O/c8-7(9)4-11-6-5(12-7)2-1-3-10-6/h1-3H,4H2,(H,10,11). The highest BCUT2D eigenvalue weighted by molar-refractivity contribution is 5.51. The van der Waals surface area contributed by atoms with Crippen LogP contribution < -0.4 is 10.1 Å². The van der Waals surface area contributed by atoms with Gasteiger partial charge in [-0.3, -0.25) is 0 Å². The Bertz CT molecular complexity index is 303. The SMILES string of the molecule is FC1(F)CNc2ncccc2O1. The molecule has 0 spiro atoms. The number of hydrogen-bond donors (Lipinski definition) is 1. The number of nitrogens with one attached hydrogen (secondary N) is 1. The van der Waals surface area contributed by atoms with Crippen molar-refractivity contribution in [2.24, 2.45) is 0 Å². The minimum Gasteiger partial charge on any atom is -0.427 e. The minimum atomic E-state index is -3.13. The topological polar surface area (TPSA) is 34.2 Å². The van der Waals surface area contributed by atoms with Crippen LogP contribution in [0.25, 0.3) is 0 Å². The normalized spacial score (nSPS) is 18.8. The number of anilines is 1. The van der Waals surface area contributed by atoms with Crippen molar-refractivity contribution in [3.63, 3.8) is 0 Å². The predicted molar refractivity (Wildman–Crippen MR) is 38.3 cm³/mol. The van der Waals surface area contributed by atoms with Crippen molar-refractivity contribution in [2.45, 2.75) is 6.11 Å². The molecule has 0 radical (unpaired) electrons. The summed E-state index contributed by atoms with van der Waals surface area (Å²) < 4.78 is 29.5. The third-order valence-corrected chi connectivity index (χ3v) is 1.49. The van der Waals surface area contributed by atoms with E-state index in [0.29, 0.717) is 5.82 Å². The Labute approximate surface area is 67.4 Å². The van der Waals surface area contributed by atoms with Crippen LogP contribution in [0.5, 0.6) is 5.75 Å². The molecule has 3 nitrogen and oxygen atoms in total. The first-order valence-corrected chi connectivity index (χ1v) is 3.43. The van der Waals surface area contributed by atoms with Gasteiger partial charge in [0.05, 0.1) is 0 Å². The largest absolute Gasteiger partial charge is 0.427 e. The number of aromatic nitrogens is 1. The van der Waals surface area contributed by atoms with Crippen LogP contribution in [-0.2, 0) is 0 Å². The maximum atomic E-state index is 12.6. The summed E-state index contributed by atoms with van der Waals surface area (Å²) >= 11 is 0. The van der Waals surface area contributed by atoms with Crippen molar-refractivity contribution < 1.29 is 13.5 Å². The van der Waals surface area contributed by atoms with E-state index in [2.05, 4.69) is 15.0 Å². The maximum Gasteiger partial charge on any atom is 0.415 e. The van der Waals surface area contributed by atoms with Crippen LogP contribution in [0.3, 0.4) is 0 Å². The molecular weight excluding hydrogens is 166 g/mol. The van der Waals surface area contributed by atoms with Gasteiger partial charge in [-0.25, -0.2) is 4.98 Å². The van der Waals surface area contributed by atoms with Crippen LogP contribution in [-0.4, -0.2) is 17.6 Å². The Morgan fingerprint density at radius 2 is 2.42 bits per heavy atom. The van der Waals surface area contributed by atoms with Crippen LogP contribution >= 0.6 is 0 Å². The van der Waals surface area contributed by atoms with E-state index in [-0.39, 0.29) is 5.75 Å². The Morgan fingerprint density at radius 3 is 3.25 bits per heavy atom. The van der Waals surface area contributed by atoms with E-state index in [1.54, 1.807) is 6.07 Å². The molecule has 0 saturated heterocycles. The second kappa shape index (κ2) is 2.30. The monoisotopic (exact) mass is 172 g/mol. The fraction of sp³-hybridized carbons (Fsp3) is 0.286. The highest BCUT2D eigenvalue weighted by Crippen LogP contribution is 2.31. The fourth-order valence-electron chi connectivity index (χ4n) is 0.989. The van der Waals surface area contributed by atoms with E-state index in [0.717, 1.165) is 0 Å². The van der Waals surface area contributed by atoms with Gasteiger partial charge in [0.25, 0.3) is 0 Å². The summed E-state index contributed by atoms with van der Waals surface area (Å²) in [5.41, 5.74) is 0. The number of rotatable bonds is 0. The van der Waals surface area contributed by atoms with Crippen LogP contribution in [0.15, 0.2) is 18.3 Å². The summed E-state index contributed by atoms with van der Waals surface area (Å²) in [6.07, 6.45) is -1.62. The van der Waals surface area contributed by atoms with Gasteiger partial charge < -0.3 is 10.1 Å². The zero-order valence-electron chi connectivity index (χ0n) is 6.05. The van der Waals surface area contributed by atoms with Crippen molar-refractivity contribution in [1.82, 2.24) is 4.98 Å². The Balaban J connectivity index is 2.35. The molecule has 0 fully saturated rings. The van der Waals surface area contributed by atoms with E-state index in [9.17, 15) is 8.78 Å². The summed E-state index contributed by atoms with van der Waals surface area (Å²) in [5.74, 6) is 0.456. The van der Waals surface area contributed by atoms with Gasteiger partial charge in [0, 0.05) is 6.20 Å². The molecular formula is C7H6F2N2O. The summed E-state index contributed by atoms with van der Waals surface area (Å²) in [6, 6.07) is 2.99. The average Bonchev–Trinajstić information content (AvgIpc) is 2.02. The lowest BCUT2D eigenvalue weighted by Gasteiger charge is -2.25. The molecule has 0 saturated carbocycles. The number of halogens is 2. The molecule has 0 aromatic carbocycles. The third-order valence-electron chi connectivity index (χ3n) is 1.49. The lowest BCUT2D eigenvalue weighted by molar-refractivity contribution is -0.167. The van der Waals surface area contributed by atoms with Gasteiger partial charge in [-0.05, 0) is 12.1 Å². The molecule has 0 atom stereocenters. The number of pyridine rings is 1. The van der Waals surface area contributed by atoms with E-state index < -0.39 is 12.7 Å². The summed E-state index contributed by atoms with van der Waals surface area (Å²) in [6.45, 7) is -0.531. The smallest absolute Gasteiger partial charge is 0.415 e. The first kappa shape index (κ1) is 7.27. The van der Waals surface area contributed by atoms with Crippen molar-refractivity contribution in [1.29, 1.82) is 0 Å². The second-order valence-corrected chi connectivity index (χ2v) is 2.44. The van der Waals surface area contributed by atoms with Crippen molar-refractivity contribution in [3.05, 3.63) is 18.3 Å². The molecule has 0 aliphatic carbocycles. The zero-order valence-corrected chi connectivity index (χ0v) is 6.05. The summed E-state index contributed by atoms with van der Waals surface area (Å²) in [7, 11) is 0. The predicted octanol–water partition coefficient (Wildman–Crippen LogP) is 1.48. The van der Waals surface area contributed by atoms with Crippen LogP contribution in [0.2, 0.25) is 0 Å². The molecule has 2 heterocycles. The average molecular weight is 172 g/mol. The highest BCUT2D eigenvalue weighted by atomic mass is 19.3. The van der Waals surface area contributed by atoms with Crippen molar-refractivity contribution >= 4 is 5.82 Å². The van der Waals surface area contributed by atoms with Crippen molar-refractivity contribution in [3.8, 4) is 5.75 Å². The molecule has 1 aromatic heterocycles. The van der Waals surface area contributed by atoms with E-state index in [1.165, 1.54) is 12.3 Å². The van der Waals surface area contributed by atoms with Gasteiger partial charge in [-0.2, -0.15) is 8.78 Å². The quantitative estimate of drug-likeness (QED) is 0.643. The molecule has 1 aliphatic heterocycles. The number of ether oxygens (including phenoxy) is 1. The van der Waals surface area contributed by atoms with Crippen molar-refractivity contribution in [2.75, 3.05) is 11.9 Å². The molecule has 12 heavy (non-hydrogen) atoms. The molecule has 5 heteroatoms. The molecule has 0 unspecified atom stereocenters. The molecule has 64 valence electrons. The zero-order chi connectivity index (χ0) is 8.60. The molecule has 1 aliphatic rings. The van der Waals surface area contributed by atoms with E-state index >= 15 is 0 Å². The molecule has 2 rings (SSSR count). The van der Waals surface area contributed by atoms with Crippen LogP contribution in [0.4, 0.5) is 14.6 Å². The Morgan fingerprint density at radius 1 is 1.58 bits per heavy atom. The number of alkyl halides is 2. The lowest BCUT2D eigenvalue weighted by Crippen LogP contribution is -2.37. The first-order valence-electron chi connectivity index (χ1n) is 3.43. The number of fused-ring (bicyclic) bond motifs is 1. The number of hydrogen-bond acceptors (Lipinski definition) is 3. The first-order chi connectivity index (χ1) is 5.67.